The molecule has 1 aromatic heterocycles. The van der Waals surface area contributed by atoms with Crippen molar-refractivity contribution in [1.82, 2.24) is 9.13 Å². The molecule has 1 aliphatic heterocycles. The zero-order valence-corrected chi connectivity index (χ0v) is 19.9. The Morgan fingerprint density at radius 2 is 1.74 bits per heavy atom. The summed E-state index contributed by atoms with van der Waals surface area (Å²) in [7, 11) is 0. The Balaban J connectivity index is 1.59. The number of esters is 1. The lowest BCUT2D eigenvalue weighted by molar-refractivity contribution is -0.142. The van der Waals surface area contributed by atoms with E-state index in [1.54, 1.807) is 11.5 Å². The number of halogens is 1. The zero-order valence-electron chi connectivity index (χ0n) is 19.1. The smallest absolute Gasteiger partial charge is 0.311 e. The molecule has 0 spiro atoms. The van der Waals surface area contributed by atoms with E-state index in [9.17, 15) is 14.3 Å². The minimum Gasteiger partial charge on any atom is -0.493 e. The van der Waals surface area contributed by atoms with Crippen molar-refractivity contribution in [3.8, 4) is 11.6 Å². The Morgan fingerprint density at radius 1 is 1.09 bits per heavy atom. The van der Waals surface area contributed by atoms with E-state index in [1.165, 1.54) is 28.8 Å². The highest BCUT2D eigenvalue weighted by atomic mass is 32.1. The van der Waals surface area contributed by atoms with Gasteiger partial charge in [-0.1, -0.05) is 12.1 Å². The normalized spacial score (nSPS) is 13.8. The predicted octanol–water partition coefficient (Wildman–Crippen LogP) is 4.04. The summed E-state index contributed by atoms with van der Waals surface area (Å²) in [5.41, 5.74) is 3.15. The zero-order chi connectivity index (χ0) is 24.1. The highest BCUT2D eigenvalue weighted by Crippen LogP contribution is 2.27. The summed E-state index contributed by atoms with van der Waals surface area (Å²) in [5.74, 6) is -0.985. The first-order valence-electron chi connectivity index (χ1n) is 11.3. The standard InChI is InChI=1S/C25H28FN3O4S/c1-2-33-23(30)17-22-24(31)29(21-9-5-19(26)6-10-21)25(34)28(22)12-11-18-3-7-20(8-4-18)27-13-15-32-16-14-27/h3-10,31H,2,11-17H2,1H3. The van der Waals surface area contributed by atoms with Crippen LogP contribution in [0.25, 0.3) is 5.69 Å². The summed E-state index contributed by atoms with van der Waals surface area (Å²) in [6.45, 7) is 5.66. The van der Waals surface area contributed by atoms with Gasteiger partial charge in [0.1, 0.15) is 5.82 Å². The number of hydrogen-bond acceptors (Lipinski definition) is 6. The van der Waals surface area contributed by atoms with Gasteiger partial charge in [0.05, 0.1) is 37.6 Å². The molecular formula is C25H28FN3O4S. The number of rotatable bonds is 8. The number of ether oxygens (including phenoxy) is 2. The van der Waals surface area contributed by atoms with Gasteiger partial charge in [0, 0.05) is 25.3 Å². The molecule has 1 N–H and O–H groups in total. The fourth-order valence-electron chi connectivity index (χ4n) is 4.09. The average molecular weight is 486 g/mol. The molecule has 180 valence electrons. The van der Waals surface area contributed by atoms with Crippen LogP contribution < -0.4 is 4.90 Å². The topological polar surface area (TPSA) is 68.9 Å². The molecule has 0 aliphatic carbocycles. The van der Waals surface area contributed by atoms with Crippen molar-refractivity contribution in [2.45, 2.75) is 26.3 Å². The number of hydrogen-bond donors (Lipinski definition) is 1. The maximum Gasteiger partial charge on any atom is 0.311 e. The molecule has 0 atom stereocenters. The number of benzene rings is 2. The van der Waals surface area contributed by atoms with Gasteiger partial charge in [-0.2, -0.15) is 0 Å². The Morgan fingerprint density at radius 3 is 2.38 bits per heavy atom. The molecule has 1 saturated heterocycles. The van der Waals surface area contributed by atoms with Gasteiger partial charge in [0.2, 0.25) is 5.88 Å². The number of aryl methyl sites for hydroxylation is 1. The lowest BCUT2D eigenvalue weighted by atomic mass is 10.1. The van der Waals surface area contributed by atoms with Crippen molar-refractivity contribution >= 4 is 23.9 Å². The summed E-state index contributed by atoms with van der Waals surface area (Å²) in [4.78, 5) is 14.5. The van der Waals surface area contributed by atoms with E-state index in [2.05, 4.69) is 29.2 Å². The van der Waals surface area contributed by atoms with E-state index >= 15 is 0 Å². The van der Waals surface area contributed by atoms with Crippen LogP contribution in [0.4, 0.5) is 10.1 Å². The minimum atomic E-state index is -0.451. The average Bonchev–Trinajstić information content (AvgIpc) is 3.08. The molecule has 7 nitrogen and oxygen atoms in total. The second kappa shape index (κ2) is 10.8. The number of carbonyl (C=O) groups excluding carboxylic acids is 1. The van der Waals surface area contributed by atoms with Crippen LogP contribution in [0.5, 0.6) is 5.88 Å². The lowest BCUT2D eigenvalue weighted by Gasteiger charge is -2.28. The van der Waals surface area contributed by atoms with E-state index in [-0.39, 0.29) is 24.7 Å². The van der Waals surface area contributed by atoms with E-state index in [1.807, 2.05) is 0 Å². The van der Waals surface area contributed by atoms with Crippen LogP contribution in [0.1, 0.15) is 18.2 Å². The van der Waals surface area contributed by atoms with Crippen LogP contribution in [0.3, 0.4) is 0 Å². The number of carbonyl (C=O) groups is 1. The number of nitrogens with zero attached hydrogens (tertiary/aromatic N) is 3. The molecule has 2 heterocycles. The third kappa shape index (κ3) is 5.31. The molecule has 0 bridgehead atoms. The van der Waals surface area contributed by atoms with Crippen LogP contribution in [-0.4, -0.2) is 53.1 Å². The van der Waals surface area contributed by atoms with Gasteiger partial charge in [-0.15, -0.1) is 0 Å². The van der Waals surface area contributed by atoms with Gasteiger partial charge in [0.15, 0.2) is 4.77 Å². The highest BCUT2D eigenvalue weighted by molar-refractivity contribution is 7.71. The van der Waals surface area contributed by atoms with Gasteiger partial charge in [-0.25, -0.2) is 4.39 Å². The number of imidazole rings is 1. The second-order valence-corrected chi connectivity index (χ2v) is 8.38. The first-order valence-corrected chi connectivity index (χ1v) is 11.8. The third-order valence-electron chi connectivity index (χ3n) is 5.86. The Hall–Kier alpha value is -3.17. The molecule has 0 saturated carbocycles. The third-order valence-corrected chi connectivity index (χ3v) is 6.26. The summed E-state index contributed by atoms with van der Waals surface area (Å²) < 4.78 is 27.5. The maximum atomic E-state index is 13.4. The molecule has 9 heteroatoms. The van der Waals surface area contributed by atoms with E-state index in [4.69, 9.17) is 21.7 Å². The van der Waals surface area contributed by atoms with Gasteiger partial charge < -0.3 is 24.0 Å². The van der Waals surface area contributed by atoms with Crippen LogP contribution in [-0.2, 0) is 33.7 Å². The molecule has 0 radical (unpaired) electrons. The first kappa shape index (κ1) is 24.0. The van der Waals surface area contributed by atoms with Crippen molar-refractivity contribution in [2.75, 3.05) is 37.8 Å². The van der Waals surface area contributed by atoms with Crippen molar-refractivity contribution in [1.29, 1.82) is 0 Å². The second-order valence-electron chi connectivity index (χ2n) is 8.01. The summed E-state index contributed by atoms with van der Waals surface area (Å²) in [6, 6.07) is 14.0. The fourth-order valence-corrected chi connectivity index (χ4v) is 4.48. The maximum absolute atomic E-state index is 13.4. The summed E-state index contributed by atoms with van der Waals surface area (Å²) in [6.07, 6.45) is 0.536. The van der Waals surface area contributed by atoms with E-state index < -0.39 is 5.97 Å². The van der Waals surface area contributed by atoms with Crippen LogP contribution >= 0.6 is 12.2 Å². The van der Waals surface area contributed by atoms with Crippen molar-refractivity contribution < 1.29 is 23.8 Å². The fraction of sp³-hybridized carbons (Fsp3) is 0.360. The largest absolute Gasteiger partial charge is 0.493 e. The Labute approximate surface area is 203 Å². The molecule has 1 aliphatic rings. The molecule has 0 amide bonds. The molecule has 0 unspecified atom stereocenters. The Bertz CT molecular complexity index is 1180. The number of anilines is 1. The van der Waals surface area contributed by atoms with Gasteiger partial charge in [-0.05, 0) is 67.5 Å². The number of morpholine rings is 1. The van der Waals surface area contributed by atoms with Gasteiger partial charge >= 0.3 is 5.97 Å². The molecule has 2 aromatic carbocycles. The lowest BCUT2D eigenvalue weighted by Crippen LogP contribution is -2.36. The van der Waals surface area contributed by atoms with Crippen LogP contribution in [0.2, 0.25) is 0 Å². The Kier molecular flexibility index (Phi) is 7.64. The number of aromatic hydroxyl groups is 1. The van der Waals surface area contributed by atoms with Gasteiger partial charge in [0.25, 0.3) is 0 Å². The monoisotopic (exact) mass is 485 g/mol. The SMILES string of the molecule is CCOC(=O)Cc1c(O)n(-c2ccc(F)cc2)c(=S)n1CCc1ccc(N2CCOCC2)cc1. The van der Waals surface area contributed by atoms with Gasteiger partial charge in [-0.3, -0.25) is 9.36 Å². The first-order chi connectivity index (χ1) is 16.5. The quantitative estimate of drug-likeness (QED) is 0.384. The summed E-state index contributed by atoms with van der Waals surface area (Å²) >= 11 is 5.66. The van der Waals surface area contributed by atoms with Crippen molar-refractivity contribution in [2.24, 2.45) is 0 Å². The van der Waals surface area contributed by atoms with Crippen molar-refractivity contribution in [3.63, 3.8) is 0 Å². The van der Waals surface area contributed by atoms with E-state index in [0.29, 0.717) is 29.1 Å². The highest BCUT2D eigenvalue weighted by Gasteiger charge is 2.21. The molecular weight excluding hydrogens is 457 g/mol. The molecule has 34 heavy (non-hydrogen) atoms. The van der Waals surface area contributed by atoms with E-state index in [0.717, 1.165) is 37.6 Å². The van der Waals surface area contributed by atoms with Crippen LogP contribution in [0, 0.1) is 10.6 Å². The van der Waals surface area contributed by atoms with Crippen molar-refractivity contribution in [3.05, 3.63) is 70.4 Å². The predicted molar refractivity (Wildman–Crippen MR) is 130 cm³/mol. The molecule has 1 fully saturated rings. The molecule has 4 rings (SSSR count). The summed E-state index contributed by atoms with van der Waals surface area (Å²) in [5, 5.41) is 11.0. The molecule has 3 aromatic rings. The van der Waals surface area contributed by atoms with Crippen LogP contribution in [0.15, 0.2) is 48.5 Å². The minimum absolute atomic E-state index is 0.118. The number of aromatic nitrogens is 2.